The van der Waals surface area contributed by atoms with Crippen molar-refractivity contribution < 1.29 is 28.5 Å². The van der Waals surface area contributed by atoms with Crippen molar-refractivity contribution in [2.75, 3.05) is 39.6 Å². The zero-order chi connectivity index (χ0) is 18.6. The largest absolute Gasteiger partial charge is 0.464 e. The van der Waals surface area contributed by atoms with E-state index in [1.54, 1.807) is 12.2 Å². The molecule has 1 atom stereocenters. The maximum absolute atomic E-state index is 12.4. The summed E-state index contributed by atoms with van der Waals surface area (Å²) in [4.78, 5) is 24.7. The number of carbonyl (C=O) groups is 2. The molecule has 6 heteroatoms. The summed E-state index contributed by atoms with van der Waals surface area (Å²) in [6, 6.07) is 0. The molecule has 1 unspecified atom stereocenters. The van der Waals surface area contributed by atoms with Gasteiger partial charge >= 0.3 is 11.9 Å². The Morgan fingerprint density at radius 3 is 2.12 bits per heavy atom. The highest BCUT2D eigenvalue weighted by molar-refractivity contribution is 5.93. The van der Waals surface area contributed by atoms with Gasteiger partial charge in [-0.2, -0.15) is 0 Å². The van der Waals surface area contributed by atoms with Crippen molar-refractivity contribution in [1.82, 2.24) is 0 Å². The molecule has 3 aliphatic rings. The lowest BCUT2D eigenvalue weighted by molar-refractivity contribution is -0.172. The summed E-state index contributed by atoms with van der Waals surface area (Å²) in [5.74, 6) is -1.13. The van der Waals surface area contributed by atoms with Crippen LogP contribution >= 0.6 is 0 Å². The van der Waals surface area contributed by atoms with Crippen LogP contribution in [0.25, 0.3) is 0 Å². The number of hydrogen-bond acceptors (Lipinski definition) is 6. The fourth-order valence-electron chi connectivity index (χ4n) is 3.18. The van der Waals surface area contributed by atoms with Crippen LogP contribution in [0.2, 0.25) is 0 Å². The Hall–Kier alpha value is -1.66. The Kier molecular flexibility index (Phi) is 5.82. The Labute approximate surface area is 154 Å². The lowest BCUT2D eigenvalue weighted by Gasteiger charge is -2.40. The summed E-state index contributed by atoms with van der Waals surface area (Å²) in [6.45, 7) is 7.39. The highest BCUT2D eigenvalue weighted by Gasteiger charge is 2.39. The van der Waals surface area contributed by atoms with E-state index in [0.717, 1.165) is 12.8 Å². The second-order valence-electron chi connectivity index (χ2n) is 7.74. The van der Waals surface area contributed by atoms with Gasteiger partial charge in [-0.15, -0.1) is 0 Å². The minimum Gasteiger partial charge on any atom is -0.464 e. The Morgan fingerprint density at radius 2 is 1.62 bits per heavy atom. The molecule has 0 N–H and O–H groups in total. The molecule has 0 aromatic carbocycles. The van der Waals surface area contributed by atoms with Gasteiger partial charge in [0.15, 0.2) is 0 Å². The normalized spacial score (nSPS) is 25.5. The van der Waals surface area contributed by atoms with Gasteiger partial charge < -0.3 is 18.9 Å². The third kappa shape index (κ3) is 4.01. The fraction of sp³-hybridized carbons (Fsp3) is 0.700. The maximum atomic E-state index is 12.4. The van der Waals surface area contributed by atoms with Crippen LogP contribution in [0.3, 0.4) is 0 Å². The molecule has 6 nitrogen and oxygen atoms in total. The summed E-state index contributed by atoms with van der Waals surface area (Å²) in [7, 11) is 0. The van der Waals surface area contributed by atoms with E-state index in [-0.39, 0.29) is 16.8 Å². The maximum Gasteiger partial charge on any atom is 0.337 e. The van der Waals surface area contributed by atoms with E-state index in [2.05, 4.69) is 13.8 Å². The zero-order valence-electron chi connectivity index (χ0n) is 15.6. The summed E-state index contributed by atoms with van der Waals surface area (Å²) < 4.78 is 21.5. The summed E-state index contributed by atoms with van der Waals surface area (Å²) in [6.07, 6.45) is 7.57. The molecule has 2 saturated heterocycles. The second-order valence-corrected chi connectivity index (χ2v) is 7.74. The lowest BCUT2D eigenvalue weighted by Crippen LogP contribution is -2.46. The molecular weight excluding hydrogens is 336 g/mol. The zero-order valence-corrected chi connectivity index (χ0v) is 15.6. The molecule has 0 spiro atoms. The predicted molar refractivity (Wildman–Crippen MR) is 94.3 cm³/mol. The van der Waals surface area contributed by atoms with E-state index in [9.17, 15) is 9.59 Å². The van der Waals surface area contributed by atoms with E-state index in [1.165, 1.54) is 0 Å². The van der Waals surface area contributed by atoms with Gasteiger partial charge in [-0.1, -0.05) is 32.1 Å². The van der Waals surface area contributed by atoms with Crippen LogP contribution in [0.15, 0.2) is 23.8 Å². The number of allylic oxidation sites excluding steroid dienone is 1. The Morgan fingerprint density at radius 1 is 1.04 bits per heavy atom. The Bertz CT molecular complexity index is 586. The van der Waals surface area contributed by atoms with E-state index < -0.39 is 11.9 Å². The number of hydrogen-bond donors (Lipinski definition) is 0. The van der Waals surface area contributed by atoms with Crippen molar-refractivity contribution in [3.8, 4) is 0 Å². The molecule has 0 saturated carbocycles. The molecule has 1 aliphatic carbocycles. The van der Waals surface area contributed by atoms with Crippen LogP contribution in [-0.4, -0.2) is 51.6 Å². The molecule has 0 aromatic rings. The van der Waals surface area contributed by atoms with Crippen molar-refractivity contribution in [1.29, 1.82) is 0 Å². The molecule has 0 aromatic heterocycles. The van der Waals surface area contributed by atoms with Gasteiger partial charge in [-0.3, -0.25) is 4.79 Å². The summed E-state index contributed by atoms with van der Waals surface area (Å²) in [5, 5.41) is 0. The molecule has 144 valence electrons. The van der Waals surface area contributed by atoms with Crippen molar-refractivity contribution in [3.63, 3.8) is 0 Å². The molecule has 3 rings (SSSR count). The summed E-state index contributed by atoms with van der Waals surface area (Å²) in [5.41, 5.74) is 0.332. The van der Waals surface area contributed by atoms with Crippen molar-refractivity contribution >= 4 is 11.9 Å². The van der Waals surface area contributed by atoms with E-state index in [0.29, 0.717) is 51.6 Å². The van der Waals surface area contributed by atoms with Crippen LogP contribution in [0, 0.1) is 16.7 Å². The average molecular weight is 364 g/mol. The molecule has 2 aliphatic heterocycles. The predicted octanol–water partition coefficient (Wildman–Crippen LogP) is 2.43. The standard InChI is InChI=1S/C20H28O6/c1-3-19(9-23-10-19)13-25-17(21)15-6-5-7-16(8-15)18(22)26-14-20(4-2)11-24-12-20/h5-6,8,16H,3-4,7,9-14H2,1-2H3. The highest BCUT2D eigenvalue weighted by Crippen LogP contribution is 2.33. The third-order valence-electron chi connectivity index (χ3n) is 5.77. The smallest absolute Gasteiger partial charge is 0.337 e. The minimum absolute atomic E-state index is 0.0368. The van der Waals surface area contributed by atoms with Gasteiger partial charge in [0.1, 0.15) is 13.2 Å². The van der Waals surface area contributed by atoms with Gasteiger partial charge in [0.25, 0.3) is 0 Å². The van der Waals surface area contributed by atoms with E-state index in [1.807, 2.05) is 6.08 Å². The molecule has 2 heterocycles. The number of ether oxygens (including phenoxy) is 4. The van der Waals surface area contributed by atoms with Gasteiger partial charge in [0.2, 0.25) is 0 Å². The third-order valence-corrected chi connectivity index (χ3v) is 5.77. The van der Waals surface area contributed by atoms with E-state index in [4.69, 9.17) is 18.9 Å². The monoisotopic (exact) mass is 364 g/mol. The fourth-order valence-corrected chi connectivity index (χ4v) is 3.18. The molecule has 0 bridgehead atoms. The van der Waals surface area contributed by atoms with Gasteiger partial charge in [0.05, 0.1) is 48.7 Å². The molecule has 0 radical (unpaired) electrons. The van der Waals surface area contributed by atoms with Crippen LogP contribution in [0.1, 0.15) is 33.1 Å². The first kappa shape index (κ1) is 19.1. The number of esters is 2. The minimum atomic E-state index is -0.440. The van der Waals surface area contributed by atoms with Crippen molar-refractivity contribution in [2.24, 2.45) is 16.7 Å². The molecule has 26 heavy (non-hydrogen) atoms. The van der Waals surface area contributed by atoms with Crippen molar-refractivity contribution in [2.45, 2.75) is 33.1 Å². The molecular formula is C20H28O6. The average Bonchev–Trinajstić information content (AvgIpc) is 2.60. The highest BCUT2D eigenvalue weighted by atomic mass is 16.6. The van der Waals surface area contributed by atoms with Crippen LogP contribution in [0.5, 0.6) is 0 Å². The van der Waals surface area contributed by atoms with Crippen LogP contribution < -0.4 is 0 Å². The first-order valence-corrected chi connectivity index (χ1v) is 9.39. The van der Waals surface area contributed by atoms with Crippen molar-refractivity contribution in [3.05, 3.63) is 23.8 Å². The van der Waals surface area contributed by atoms with Gasteiger partial charge in [0, 0.05) is 0 Å². The topological polar surface area (TPSA) is 71.1 Å². The number of rotatable bonds is 8. The second kappa shape index (κ2) is 7.92. The lowest BCUT2D eigenvalue weighted by atomic mass is 9.84. The van der Waals surface area contributed by atoms with Gasteiger partial charge in [-0.25, -0.2) is 4.79 Å². The quantitative estimate of drug-likeness (QED) is 0.616. The van der Waals surface area contributed by atoms with Gasteiger partial charge in [-0.05, 0) is 19.3 Å². The first-order chi connectivity index (χ1) is 12.5. The number of carbonyl (C=O) groups excluding carboxylic acids is 2. The molecule has 2 fully saturated rings. The summed E-state index contributed by atoms with van der Waals surface area (Å²) >= 11 is 0. The molecule has 0 amide bonds. The SMILES string of the molecule is CCC1(COC(=O)C2=CC(C(=O)OCC3(CC)COC3)CC=C2)COC1. The van der Waals surface area contributed by atoms with Crippen LogP contribution in [0.4, 0.5) is 0 Å². The Balaban J connectivity index is 1.51. The van der Waals surface area contributed by atoms with E-state index >= 15 is 0 Å². The first-order valence-electron chi connectivity index (χ1n) is 9.39. The van der Waals surface area contributed by atoms with Crippen LogP contribution in [-0.2, 0) is 28.5 Å².